The highest BCUT2D eigenvalue weighted by atomic mass is 16.5. The third-order valence-corrected chi connectivity index (χ3v) is 5.54. The van der Waals surface area contributed by atoms with E-state index in [1.807, 2.05) is 66.7 Å². The molecule has 144 valence electrons. The standard InChI is InChI=1S/C23H19N3O3/c1-29-20-13-7-2-8-15(20)14-26-21(27)16-9-3-5-11-18(16)25-23(26)17-10-4-6-12-19(17)24-22(23)28/h2-13,25H,14H2,1H3,(H,24,28)/t23-/m0/s1. The van der Waals surface area contributed by atoms with Crippen LogP contribution < -0.4 is 15.4 Å². The minimum atomic E-state index is -1.33. The summed E-state index contributed by atoms with van der Waals surface area (Å²) in [6.07, 6.45) is 0. The van der Waals surface area contributed by atoms with Gasteiger partial charge in [0.05, 0.1) is 19.2 Å². The molecule has 0 unspecified atom stereocenters. The minimum Gasteiger partial charge on any atom is -0.496 e. The molecule has 2 heterocycles. The van der Waals surface area contributed by atoms with Crippen LogP contribution in [0, 0.1) is 0 Å². The first-order valence-electron chi connectivity index (χ1n) is 9.37. The largest absolute Gasteiger partial charge is 0.496 e. The minimum absolute atomic E-state index is 0.211. The van der Waals surface area contributed by atoms with Crippen LogP contribution in [0.2, 0.25) is 0 Å². The molecule has 2 aliphatic heterocycles. The number of nitrogens with zero attached hydrogens (tertiary/aromatic N) is 1. The van der Waals surface area contributed by atoms with Crippen LogP contribution >= 0.6 is 0 Å². The number of methoxy groups -OCH3 is 1. The van der Waals surface area contributed by atoms with Crippen LogP contribution in [-0.2, 0) is 17.0 Å². The van der Waals surface area contributed by atoms with Gasteiger partial charge in [0.2, 0.25) is 5.66 Å². The normalized spacial score (nSPS) is 19.4. The summed E-state index contributed by atoms with van der Waals surface area (Å²) in [5.74, 6) is 0.176. The Hall–Kier alpha value is -3.80. The summed E-state index contributed by atoms with van der Waals surface area (Å²) in [4.78, 5) is 28.5. The summed E-state index contributed by atoms with van der Waals surface area (Å²) < 4.78 is 5.48. The van der Waals surface area contributed by atoms with Gasteiger partial charge >= 0.3 is 0 Å². The first-order valence-corrected chi connectivity index (χ1v) is 9.37. The van der Waals surface area contributed by atoms with Crippen molar-refractivity contribution in [3.8, 4) is 5.75 Å². The van der Waals surface area contributed by atoms with Crippen molar-refractivity contribution in [1.82, 2.24) is 4.90 Å². The number of rotatable bonds is 3. The zero-order chi connectivity index (χ0) is 20.0. The molecule has 2 N–H and O–H groups in total. The van der Waals surface area contributed by atoms with Gasteiger partial charge in [-0.3, -0.25) is 14.5 Å². The molecule has 5 rings (SSSR count). The summed E-state index contributed by atoms with van der Waals surface area (Å²) in [7, 11) is 1.59. The highest BCUT2D eigenvalue weighted by Gasteiger charge is 2.56. The molecule has 1 spiro atoms. The Morgan fingerprint density at radius 2 is 1.59 bits per heavy atom. The number of carbonyl (C=O) groups is 2. The van der Waals surface area contributed by atoms with Crippen LogP contribution in [-0.4, -0.2) is 23.8 Å². The van der Waals surface area contributed by atoms with Crippen molar-refractivity contribution in [2.45, 2.75) is 12.2 Å². The summed E-state index contributed by atoms with van der Waals surface area (Å²) in [6.45, 7) is 0.214. The predicted molar refractivity (Wildman–Crippen MR) is 110 cm³/mol. The topological polar surface area (TPSA) is 70.7 Å². The lowest BCUT2D eigenvalue weighted by atomic mass is 9.92. The molecule has 29 heavy (non-hydrogen) atoms. The van der Waals surface area contributed by atoms with Gasteiger partial charge in [-0.1, -0.05) is 48.5 Å². The maximum atomic E-state index is 13.6. The average molecular weight is 385 g/mol. The molecule has 0 bridgehead atoms. The van der Waals surface area contributed by atoms with Gasteiger partial charge in [0.1, 0.15) is 5.75 Å². The number of nitrogens with one attached hydrogen (secondary N) is 2. The van der Waals surface area contributed by atoms with E-state index in [9.17, 15) is 9.59 Å². The van der Waals surface area contributed by atoms with Gasteiger partial charge in [-0.15, -0.1) is 0 Å². The maximum Gasteiger partial charge on any atom is 0.276 e. The molecular weight excluding hydrogens is 366 g/mol. The molecule has 1 atom stereocenters. The van der Waals surface area contributed by atoms with E-state index < -0.39 is 5.66 Å². The first kappa shape index (κ1) is 17.3. The fourth-order valence-electron chi connectivity index (χ4n) is 4.17. The van der Waals surface area contributed by atoms with Crippen molar-refractivity contribution in [3.63, 3.8) is 0 Å². The fourth-order valence-corrected chi connectivity index (χ4v) is 4.17. The number of hydrogen-bond acceptors (Lipinski definition) is 4. The molecule has 6 nitrogen and oxygen atoms in total. The second-order valence-corrected chi connectivity index (χ2v) is 7.08. The molecule has 3 aromatic rings. The Balaban J connectivity index is 1.72. The molecule has 0 aliphatic carbocycles. The highest BCUT2D eigenvalue weighted by Crippen LogP contribution is 2.46. The van der Waals surface area contributed by atoms with E-state index >= 15 is 0 Å². The number of benzene rings is 3. The number of anilines is 2. The molecule has 0 fully saturated rings. The van der Waals surface area contributed by atoms with Gasteiger partial charge in [0.25, 0.3) is 11.8 Å². The number of carbonyl (C=O) groups excluding carboxylic acids is 2. The monoisotopic (exact) mass is 385 g/mol. The van der Waals surface area contributed by atoms with Crippen molar-refractivity contribution in [2.24, 2.45) is 0 Å². The number of fused-ring (bicyclic) bond motifs is 3. The van der Waals surface area contributed by atoms with Crippen molar-refractivity contribution < 1.29 is 14.3 Å². The van der Waals surface area contributed by atoms with E-state index in [1.54, 1.807) is 18.1 Å². The fraction of sp³-hybridized carbons (Fsp3) is 0.130. The summed E-state index contributed by atoms with van der Waals surface area (Å²) in [6, 6.07) is 22.2. The summed E-state index contributed by atoms with van der Waals surface area (Å²) in [5.41, 5.74) is 2.08. The second kappa shape index (κ2) is 6.38. The van der Waals surface area contributed by atoms with Crippen molar-refractivity contribution in [2.75, 3.05) is 17.7 Å². The third kappa shape index (κ3) is 2.42. The quantitative estimate of drug-likeness (QED) is 0.723. The molecule has 3 aromatic carbocycles. The zero-order valence-electron chi connectivity index (χ0n) is 15.8. The first-order chi connectivity index (χ1) is 14.1. The van der Waals surface area contributed by atoms with Crippen molar-refractivity contribution in [1.29, 1.82) is 0 Å². The zero-order valence-corrected chi connectivity index (χ0v) is 15.8. The van der Waals surface area contributed by atoms with Gasteiger partial charge in [-0.05, 0) is 24.3 Å². The predicted octanol–water partition coefficient (Wildman–Crippen LogP) is 3.57. The van der Waals surface area contributed by atoms with Gasteiger partial charge in [-0.25, -0.2) is 0 Å². The Morgan fingerprint density at radius 3 is 2.41 bits per heavy atom. The smallest absolute Gasteiger partial charge is 0.276 e. The lowest BCUT2D eigenvalue weighted by Crippen LogP contribution is -2.60. The Kier molecular flexibility index (Phi) is 3.81. The van der Waals surface area contributed by atoms with Gasteiger partial charge < -0.3 is 15.4 Å². The summed E-state index contributed by atoms with van der Waals surface area (Å²) >= 11 is 0. The van der Waals surface area contributed by atoms with E-state index in [2.05, 4.69) is 10.6 Å². The molecule has 0 radical (unpaired) electrons. The van der Waals surface area contributed by atoms with Crippen LogP contribution in [0.15, 0.2) is 72.8 Å². The molecular formula is C23H19N3O3. The lowest BCUT2D eigenvalue weighted by Gasteiger charge is -2.44. The van der Waals surface area contributed by atoms with Gasteiger partial charge in [0.15, 0.2) is 0 Å². The molecule has 0 saturated carbocycles. The Labute approximate surface area is 168 Å². The van der Waals surface area contributed by atoms with Crippen LogP contribution in [0.4, 0.5) is 11.4 Å². The van der Waals surface area contributed by atoms with Crippen LogP contribution in [0.5, 0.6) is 5.75 Å². The number of amides is 2. The molecule has 2 amide bonds. The van der Waals surface area contributed by atoms with Crippen LogP contribution in [0.1, 0.15) is 21.5 Å². The molecule has 2 aliphatic rings. The van der Waals surface area contributed by atoms with E-state index in [0.29, 0.717) is 22.7 Å². The number of ether oxygens (including phenoxy) is 1. The Morgan fingerprint density at radius 1 is 0.897 bits per heavy atom. The molecule has 0 saturated heterocycles. The Bertz CT molecular complexity index is 1140. The number of hydrogen-bond donors (Lipinski definition) is 2. The summed E-state index contributed by atoms with van der Waals surface area (Å²) in [5, 5.41) is 6.30. The van der Waals surface area contributed by atoms with E-state index in [0.717, 1.165) is 11.1 Å². The highest BCUT2D eigenvalue weighted by molar-refractivity contribution is 6.14. The van der Waals surface area contributed by atoms with Crippen molar-refractivity contribution >= 4 is 23.2 Å². The van der Waals surface area contributed by atoms with Crippen LogP contribution in [0.25, 0.3) is 0 Å². The molecule has 6 heteroatoms. The SMILES string of the molecule is COc1ccccc1CN1C(=O)c2ccccc2N[C@]12C(=O)Nc1ccccc12. The van der Waals surface area contributed by atoms with E-state index in [1.165, 1.54) is 0 Å². The second-order valence-electron chi connectivity index (χ2n) is 7.08. The van der Waals surface area contributed by atoms with Gasteiger partial charge in [-0.2, -0.15) is 0 Å². The third-order valence-electron chi connectivity index (χ3n) is 5.54. The van der Waals surface area contributed by atoms with Crippen molar-refractivity contribution in [3.05, 3.63) is 89.5 Å². The lowest BCUT2D eigenvalue weighted by molar-refractivity contribution is -0.125. The maximum absolute atomic E-state index is 13.6. The van der Waals surface area contributed by atoms with Gasteiger partial charge in [0, 0.05) is 22.5 Å². The van der Waals surface area contributed by atoms with E-state index in [-0.39, 0.29) is 18.4 Å². The average Bonchev–Trinajstić information content (AvgIpc) is 3.03. The van der Waals surface area contributed by atoms with Crippen LogP contribution in [0.3, 0.4) is 0 Å². The number of para-hydroxylation sites is 3. The molecule has 0 aromatic heterocycles. The van der Waals surface area contributed by atoms with E-state index in [4.69, 9.17) is 4.74 Å².